The van der Waals surface area contributed by atoms with Crippen LogP contribution in [0.3, 0.4) is 0 Å². The number of nitrogens with zero attached hydrogens (tertiary/aromatic N) is 2. The quantitative estimate of drug-likeness (QED) is 0.367. The molecule has 0 saturated carbocycles. The number of amides is 1. The minimum atomic E-state index is -4.53. The molecule has 0 aliphatic rings. The van der Waals surface area contributed by atoms with Crippen molar-refractivity contribution in [3.8, 4) is 5.75 Å². The second-order valence-electron chi connectivity index (χ2n) is 8.48. The van der Waals surface area contributed by atoms with Gasteiger partial charge < -0.3 is 15.2 Å². The molecule has 2 atom stereocenters. The minimum Gasteiger partial charge on any atom is -0.484 e. The standard InChI is InChI=1S/C26H30F3N3O3S/c1-18(14-20-8-10-21(11-9-20)35-16-24(34)30-2)32(13-12-19-6-4-3-5-7-19)15-23(33)22-17-36-25(31-22)26(27,28)29/h3-11,17-18,23,33H,12-16H2,1-2H3,(H,30,34). The summed E-state index contributed by atoms with van der Waals surface area (Å²) in [5.74, 6) is 0.359. The van der Waals surface area contributed by atoms with Gasteiger partial charge in [0.25, 0.3) is 5.91 Å². The third-order valence-electron chi connectivity index (χ3n) is 5.77. The number of carbonyl (C=O) groups is 1. The van der Waals surface area contributed by atoms with Crippen molar-refractivity contribution in [2.45, 2.75) is 38.1 Å². The maximum atomic E-state index is 13.0. The number of halogens is 3. The Morgan fingerprint density at radius 3 is 2.44 bits per heavy atom. The van der Waals surface area contributed by atoms with Gasteiger partial charge in [-0.15, -0.1) is 11.3 Å². The number of aromatic nitrogens is 1. The largest absolute Gasteiger partial charge is 0.484 e. The summed E-state index contributed by atoms with van der Waals surface area (Å²) in [6.45, 7) is 2.73. The number of ether oxygens (including phenoxy) is 1. The third-order valence-corrected chi connectivity index (χ3v) is 6.68. The second-order valence-corrected chi connectivity index (χ2v) is 9.34. The number of aliphatic hydroxyl groups excluding tert-OH is 1. The van der Waals surface area contributed by atoms with Crippen LogP contribution in [0.2, 0.25) is 0 Å². The van der Waals surface area contributed by atoms with E-state index in [-0.39, 0.29) is 30.8 Å². The van der Waals surface area contributed by atoms with Gasteiger partial charge in [0.05, 0.1) is 5.69 Å². The number of rotatable bonds is 12. The molecule has 0 fully saturated rings. The molecule has 0 bridgehead atoms. The number of thiazole rings is 1. The summed E-state index contributed by atoms with van der Waals surface area (Å²) in [5, 5.41) is 13.5. The molecule has 36 heavy (non-hydrogen) atoms. The maximum Gasteiger partial charge on any atom is 0.443 e. The van der Waals surface area contributed by atoms with Gasteiger partial charge in [0.2, 0.25) is 0 Å². The van der Waals surface area contributed by atoms with E-state index < -0.39 is 17.3 Å². The Kier molecular flexibility index (Phi) is 9.86. The average Bonchev–Trinajstić information content (AvgIpc) is 3.38. The molecule has 3 aromatic rings. The van der Waals surface area contributed by atoms with E-state index in [0.717, 1.165) is 17.5 Å². The number of aliphatic hydroxyl groups is 1. The first kappa shape index (κ1) is 27.6. The number of benzene rings is 2. The summed E-state index contributed by atoms with van der Waals surface area (Å²) < 4.78 is 44.3. The number of nitrogens with one attached hydrogen (secondary N) is 1. The lowest BCUT2D eigenvalue weighted by Crippen LogP contribution is -2.39. The van der Waals surface area contributed by atoms with E-state index in [4.69, 9.17) is 4.74 Å². The lowest BCUT2D eigenvalue weighted by Gasteiger charge is -2.31. The third kappa shape index (κ3) is 8.32. The number of alkyl halides is 3. The Morgan fingerprint density at radius 2 is 1.83 bits per heavy atom. The average molecular weight is 522 g/mol. The lowest BCUT2D eigenvalue weighted by molar-refractivity contribution is -0.137. The fourth-order valence-corrected chi connectivity index (χ4v) is 4.44. The van der Waals surface area contributed by atoms with Crippen LogP contribution in [0.15, 0.2) is 60.0 Å². The van der Waals surface area contributed by atoms with Crippen LogP contribution in [0.4, 0.5) is 13.2 Å². The van der Waals surface area contributed by atoms with Gasteiger partial charge in [-0.1, -0.05) is 42.5 Å². The predicted molar refractivity (Wildman–Crippen MR) is 133 cm³/mol. The smallest absolute Gasteiger partial charge is 0.443 e. The Labute approximate surface area is 212 Å². The van der Waals surface area contributed by atoms with Crippen LogP contribution in [-0.4, -0.2) is 53.7 Å². The zero-order valence-corrected chi connectivity index (χ0v) is 21.0. The van der Waals surface area contributed by atoms with Crippen LogP contribution in [0.1, 0.15) is 34.9 Å². The molecule has 194 valence electrons. The number of hydrogen-bond donors (Lipinski definition) is 2. The highest BCUT2D eigenvalue weighted by molar-refractivity contribution is 7.09. The highest BCUT2D eigenvalue weighted by Gasteiger charge is 2.35. The number of carbonyl (C=O) groups excluding carboxylic acids is 1. The van der Waals surface area contributed by atoms with E-state index in [1.807, 2.05) is 49.4 Å². The van der Waals surface area contributed by atoms with Crippen molar-refractivity contribution in [1.29, 1.82) is 0 Å². The van der Waals surface area contributed by atoms with E-state index in [1.54, 1.807) is 19.2 Å². The number of likely N-dealkylation sites (N-methyl/N-ethyl adjacent to an activating group) is 1. The minimum absolute atomic E-state index is 0.0123. The van der Waals surface area contributed by atoms with Gasteiger partial charge in [0, 0.05) is 31.6 Å². The van der Waals surface area contributed by atoms with Gasteiger partial charge in [-0.05, 0) is 43.0 Å². The van der Waals surface area contributed by atoms with Crippen molar-refractivity contribution >= 4 is 17.2 Å². The van der Waals surface area contributed by atoms with Gasteiger partial charge in [0.15, 0.2) is 11.6 Å². The first-order valence-corrected chi connectivity index (χ1v) is 12.4. The molecule has 1 amide bonds. The van der Waals surface area contributed by atoms with E-state index in [0.29, 0.717) is 30.1 Å². The molecule has 2 unspecified atom stereocenters. The molecular weight excluding hydrogens is 491 g/mol. The molecule has 2 aromatic carbocycles. The fourth-order valence-electron chi connectivity index (χ4n) is 3.71. The summed E-state index contributed by atoms with van der Waals surface area (Å²) in [6.07, 6.45) is -4.29. The summed E-state index contributed by atoms with van der Waals surface area (Å²) in [7, 11) is 1.54. The molecular formula is C26H30F3N3O3S. The van der Waals surface area contributed by atoms with E-state index in [9.17, 15) is 23.1 Å². The molecule has 10 heteroatoms. The van der Waals surface area contributed by atoms with Crippen molar-refractivity contribution in [3.05, 3.63) is 81.8 Å². The molecule has 6 nitrogen and oxygen atoms in total. The zero-order valence-electron chi connectivity index (χ0n) is 20.2. The van der Waals surface area contributed by atoms with Gasteiger partial charge in [-0.25, -0.2) is 4.98 Å². The Hall–Kier alpha value is -2.95. The Balaban J connectivity index is 1.67. The van der Waals surface area contributed by atoms with Crippen LogP contribution in [-0.2, 0) is 23.8 Å². The summed E-state index contributed by atoms with van der Waals surface area (Å²) in [5.41, 5.74) is 2.19. The predicted octanol–water partition coefficient (Wildman–Crippen LogP) is 4.50. The van der Waals surface area contributed by atoms with Crippen molar-refractivity contribution in [2.75, 3.05) is 26.7 Å². The zero-order chi connectivity index (χ0) is 26.1. The topological polar surface area (TPSA) is 74.7 Å². The Bertz CT molecular complexity index is 1090. The van der Waals surface area contributed by atoms with E-state index in [1.165, 1.54) is 5.38 Å². The van der Waals surface area contributed by atoms with Crippen molar-refractivity contribution < 1.29 is 27.8 Å². The summed E-state index contributed by atoms with van der Waals surface area (Å²) in [6, 6.07) is 17.3. The molecule has 3 rings (SSSR count). The van der Waals surface area contributed by atoms with Gasteiger partial charge in [0.1, 0.15) is 11.9 Å². The Morgan fingerprint density at radius 1 is 1.14 bits per heavy atom. The van der Waals surface area contributed by atoms with Crippen LogP contribution < -0.4 is 10.1 Å². The second kappa shape index (κ2) is 12.8. The molecule has 0 aliphatic heterocycles. The van der Waals surface area contributed by atoms with Crippen LogP contribution in [0.5, 0.6) is 5.75 Å². The SMILES string of the molecule is CNC(=O)COc1ccc(CC(C)N(CCc2ccccc2)CC(O)c2csc(C(F)(F)F)n2)cc1. The van der Waals surface area contributed by atoms with Crippen molar-refractivity contribution in [1.82, 2.24) is 15.2 Å². The van der Waals surface area contributed by atoms with Gasteiger partial charge in [-0.2, -0.15) is 13.2 Å². The molecule has 1 heterocycles. The van der Waals surface area contributed by atoms with Crippen LogP contribution in [0.25, 0.3) is 0 Å². The normalized spacial score (nSPS) is 13.4. The highest BCUT2D eigenvalue weighted by Crippen LogP contribution is 2.33. The summed E-state index contributed by atoms with van der Waals surface area (Å²) in [4.78, 5) is 17.0. The fraction of sp³-hybridized carbons (Fsp3) is 0.385. The van der Waals surface area contributed by atoms with Gasteiger partial charge in [-0.3, -0.25) is 9.69 Å². The first-order chi connectivity index (χ1) is 17.2. The molecule has 2 N–H and O–H groups in total. The molecule has 1 aromatic heterocycles. The summed E-state index contributed by atoms with van der Waals surface area (Å²) >= 11 is 0.490. The van der Waals surface area contributed by atoms with E-state index >= 15 is 0 Å². The monoisotopic (exact) mass is 521 g/mol. The van der Waals surface area contributed by atoms with Crippen LogP contribution >= 0.6 is 11.3 Å². The highest BCUT2D eigenvalue weighted by atomic mass is 32.1. The molecule has 0 saturated heterocycles. The number of hydrogen-bond acceptors (Lipinski definition) is 6. The van der Waals surface area contributed by atoms with Crippen molar-refractivity contribution in [3.63, 3.8) is 0 Å². The van der Waals surface area contributed by atoms with Gasteiger partial charge >= 0.3 is 6.18 Å². The maximum absolute atomic E-state index is 13.0. The first-order valence-electron chi connectivity index (χ1n) is 11.6. The molecule has 0 spiro atoms. The van der Waals surface area contributed by atoms with Crippen LogP contribution in [0, 0.1) is 0 Å². The van der Waals surface area contributed by atoms with E-state index in [2.05, 4.69) is 15.2 Å². The lowest BCUT2D eigenvalue weighted by atomic mass is 10.0. The molecule has 0 radical (unpaired) electrons. The molecule has 0 aliphatic carbocycles. The van der Waals surface area contributed by atoms with Crippen molar-refractivity contribution in [2.24, 2.45) is 0 Å².